The molecule has 1 fully saturated rings. The number of hydrogen-bond donors (Lipinski definition) is 1. The van der Waals surface area contributed by atoms with Crippen molar-refractivity contribution >= 4 is 11.6 Å². The Hall–Kier alpha value is -2.90. The number of nitrogens with one attached hydrogen (secondary N) is 1. The highest BCUT2D eigenvalue weighted by Gasteiger charge is 2.30. The van der Waals surface area contributed by atoms with Gasteiger partial charge in [-0.1, -0.05) is 0 Å². The van der Waals surface area contributed by atoms with Crippen LogP contribution >= 0.6 is 0 Å². The van der Waals surface area contributed by atoms with Crippen LogP contribution in [0.15, 0.2) is 29.2 Å². The Balaban J connectivity index is 1.58. The van der Waals surface area contributed by atoms with E-state index in [1.807, 2.05) is 13.0 Å². The van der Waals surface area contributed by atoms with Crippen molar-refractivity contribution in [2.24, 2.45) is 7.05 Å². The lowest BCUT2D eigenvalue weighted by Crippen LogP contribution is -2.29. The molecule has 0 aliphatic carbocycles. The Kier molecular flexibility index (Phi) is 3.26. The second kappa shape index (κ2) is 5.33. The Morgan fingerprint density at radius 2 is 2.21 bits per heavy atom. The first kappa shape index (κ1) is 14.7. The molecule has 4 heterocycles. The van der Waals surface area contributed by atoms with Crippen LogP contribution in [0.5, 0.6) is 0 Å². The minimum atomic E-state index is -0.127. The summed E-state index contributed by atoms with van der Waals surface area (Å²) in [6.45, 7) is 3.09. The quantitative estimate of drug-likeness (QED) is 0.750. The molecule has 1 aliphatic rings. The molecule has 0 aromatic carbocycles. The number of amides is 1. The highest BCUT2D eigenvalue weighted by molar-refractivity contribution is 5.92. The lowest BCUT2D eigenvalue weighted by molar-refractivity contribution is 0.0784. The molecule has 124 valence electrons. The molecule has 0 bridgehead atoms. The molecule has 0 radical (unpaired) electrons. The van der Waals surface area contributed by atoms with Crippen LogP contribution in [0.25, 0.3) is 5.65 Å². The number of carbonyl (C=O) groups excluding carboxylic acids is 1. The minimum Gasteiger partial charge on any atom is -0.337 e. The van der Waals surface area contributed by atoms with E-state index in [9.17, 15) is 9.59 Å². The number of aryl methyl sites for hydroxylation is 2. The van der Waals surface area contributed by atoms with Crippen LogP contribution in [0.1, 0.15) is 34.2 Å². The molecule has 0 spiro atoms. The van der Waals surface area contributed by atoms with Gasteiger partial charge in [0, 0.05) is 50.1 Å². The topological polar surface area (TPSA) is 88.3 Å². The van der Waals surface area contributed by atoms with Crippen molar-refractivity contribution in [1.29, 1.82) is 0 Å². The second-order valence-electron chi connectivity index (χ2n) is 6.26. The van der Waals surface area contributed by atoms with Gasteiger partial charge in [0.15, 0.2) is 5.65 Å². The summed E-state index contributed by atoms with van der Waals surface area (Å²) in [5, 5.41) is 7.13. The first-order valence-corrected chi connectivity index (χ1v) is 7.89. The van der Waals surface area contributed by atoms with Gasteiger partial charge in [-0.25, -0.2) is 9.50 Å². The SMILES string of the molecule is Cc1cc2nc(C3CCN(C(=O)c4ccn(C)n4)C3)cc(=O)n2[nH]1. The molecule has 8 heteroatoms. The number of nitrogens with zero attached hydrogens (tertiary/aromatic N) is 5. The van der Waals surface area contributed by atoms with Gasteiger partial charge in [-0.3, -0.25) is 19.4 Å². The smallest absolute Gasteiger partial charge is 0.274 e. The Bertz CT molecular complexity index is 982. The van der Waals surface area contributed by atoms with E-state index in [4.69, 9.17) is 0 Å². The minimum absolute atomic E-state index is 0.0746. The molecule has 1 N–H and O–H groups in total. The van der Waals surface area contributed by atoms with Crippen molar-refractivity contribution < 1.29 is 4.79 Å². The molecule has 1 unspecified atom stereocenters. The Morgan fingerprint density at radius 1 is 1.38 bits per heavy atom. The largest absolute Gasteiger partial charge is 0.337 e. The number of fused-ring (bicyclic) bond motifs is 1. The number of aromatic amines is 1. The molecule has 3 aromatic rings. The molecule has 1 aliphatic heterocycles. The molecule has 0 saturated carbocycles. The maximum Gasteiger partial charge on any atom is 0.274 e. The van der Waals surface area contributed by atoms with Crippen LogP contribution in [0.3, 0.4) is 0 Å². The van der Waals surface area contributed by atoms with Crippen molar-refractivity contribution in [2.45, 2.75) is 19.3 Å². The zero-order valence-electron chi connectivity index (χ0n) is 13.6. The maximum absolute atomic E-state index is 12.5. The molecule has 1 atom stereocenters. The lowest BCUT2D eigenvalue weighted by atomic mass is 10.0. The van der Waals surface area contributed by atoms with E-state index in [0.717, 1.165) is 17.8 Å². The third kappa shape index (κ3) is 2.40. The second-order valence-corrected chi connectivity index (χ2v) is 6.26. The van der Waals surface area contributed by atoms with E-state index < -0.39 is 0 Å². The molecule has 1 saturated heterocycles. The van der Waals surface area contributed by atoms with Gasteiger partial charge in [-0.15, -0.1) is 0 Å². The van der Waals surface area contributed by atoms with Crippen LogP contribution < -0.4 is 5.56 Å². The molecular formula is C16H18N6O2. The van der Waals surface area contributed by atoms with Crippen molar-refractivity contribution in [1.82, 2.24) is 29.3 Å². The van der Waals surface area contributed by atoms with Gasteiger partial charge in [0.1, 0.15) is 5.69 Å². The molecule has 4 rings (SSSR count). The summed E-state index contributed by atoms with van der Waals surface area (Å²) in [7, 11) is 1.79. The average Bonchev–Trinajstić information content (AvgIpc) is 3.25. The normalized spacial score (nSPS) is 17.8. The summed E-state index contributed by atoms with van der Waals surface area (Å²) in [5.41, 5.74) is 2.57. The first-order valence-electron chi connectivity index (χ1n) is 7.89. The molecule has 24 heavy (non-hydrogen) atoms. The predicted molar refractivity (Wildman–Crippen MR) is 87.0 cm³/mol. The third-order valence-electron chi connectivity index (χ3n) is 4.42. The highest BCUT2D eigenvalue weighted by Crippen LogP contribution is 2.26. The van der Waals surface area contributed by atoms with Crippen molar-refractivity contribution in [3.63, 3.8) is 0 Å². The summed E-state index contributed by atoms with van der Waals surface area (Å²) >= 11 is 0. The van der Waals surface area contributed by atoms with Gasteiger partial charge >= 0.3 is 0 Å². The summed E-state index contributed by atoms with van der Waals surface area (Å²) < 4.78 is 3.05. The van der Waals surface area contributed by atoms with Crippen LogP contribution in [0.2, 0.25) is 0 Å². The third-order valence-corrected chi connectivity index (χ3v) is 4.42. The van der Waals surface area contributed by atoms with Crippen molar-refractivity contribution in [3.05, 3.63) is 51.8 Å². The number of likely N-dealkylation sites (tertiary alicyclic amines) is 1. The molecule has 3 aromatic heterocycles. The fourth-order valence-electron chi connectivity index (χ4n) is 3.22. The number of H-pyrrole nitrogens is 1. The van der Waals surface area contributed by atoms with Gasteiger partial charge < -0.3 is 4.90 Å². The predicted octanol–water partition coefficient (Wildman–Crippen LogP) is 0.694. The summed E-state index contributed by atoms with van der Waals surface area (Å²) in [6, 6.07) is 5.12. The van der Waals surface area contributed by atoms with Crippen molar-refractivity contribution in [3.8, 4) is 0 Å². The standard InChI is InChI=1S/C16H18N6O2/c1-10-7-14-17-13(8-15(23)22(14)18-10)11-3-6-21(9-11)16(24)12-4-5-20(2)19-12/h4-5,7-8,11,18H,3,6,9H2,1-2H3. The summed E-state index contributed by atoms with van der Waals surface area (Å²) in [4.78, 5) is 31.0. The zero-order valence-corrected chi connectivity index (χ0v) is 13.6. The molecular weight excluding hydrogens is 308 g/mol. The number of carbonyl (C=O) groups is 1. The van der Waals surface area contributed by atoms with Crippen molar-refractivity contribution in [2.75, 3.05) is 13.1 Å². The fraction of sp³-hybridized carbons (Fsp3) is 0.375. The summed E-state index contributed by atoms with van der Waals surface area (Å²) in [5.74, 6) is -0.000966. The van der Waals surface area contributed by atoms with E-state index in [1.54, 1.807) is 35.0 Å². The fourth-order valence-corrected chi connectivity index (χ4v) is 3.22. The number of aromatic nitrogens is 5. The average molecular weight is 326 g/mol. The van der Waals surface area contributed by atoms with Gasteiger partial charge in [0.2, 0.25) is 0 Å². The maximum atomic E-state index is 12.5. The van der Waals surface area contributed by atoms with Crippen LogP contribution in [-0.4, -0.2) is 48.3 Å². The molecule has 8 nitrogen and oxygen atoms in total. The number of rotatable bonds is 2. The van der Waals surface area contributed by atoms with Crippen LogP contribution in [-0.2, 0) is 7.05 Å². The van der Waals surface area contributed by atoms with Gasteiger partial charge in [-0.2, -0.15) is 5.10 Å². The lowest BCUT2D eigenvalue weighted by Gasteiger charge is -2.15. The van der Waals surface area contributed by atoms with Gasteiger partial charge in [-0.05, 0) is 19.4 Å². The Labute approximate surface area is 137 Å². The Morgan fingerprint density at radius 3 is 2.96 bits per heavy atom. The summed E-state index contributed by atoms with van der Waals surface area (Å²) in [6.07, 6.45) is 2.55. The van der Waals surface area contributed by atoms with Crippen LogP contribution in [0, 0.1) is 6.92 Å². The van der Waals surface area contributed by atoms with E-state index in [-0.39, 0.29) is 17.4 Å². The van der Waals surface area contributed by atoms with E-state index in [2.05, 4.69) is 15.2 Å². The van der Waals surface area contributed by atoms with E-state index in [0.29, 0.717) is 24.4 Å². The van der Waals surface area contributed by atoms with E-state index in [1.165, 1.54) is 4.52 Å². The first-order chi connectivity index (χ1) is 11.5. The monoisotopic (exact) mass is 326 g/mol. The number of hydrogen-bond acceptors (Lipinski definition) is 4. The molecule has 1 amide bonds. The van der Waals surface area contributed by atoms with Gasteiger partial charge in [0.05, 0.1) is 5.69 Å². The van der Waals surface area contributed by atoms with E-state index >= 15 is 0 Å². The van der Waals surface area contributed by atoms with Gasteiger partial charge in [0.25, 0.3) is 11.5 Å². The zero-order chi connectivity index (χ0) is 16.8. The van der Waals surface area contributed by atoms with Crippen LogP contribution in [0.4, 0.5) is 0 Å². The highest BCUT2D eigenvalue weighted by atomic mass is 16.2.